The van der Waals surface area contributed by atoms with Crippen LogP contribution >= 0.6 is 11.8 Å². The van der Waals surface area contributed by atoms with Gasteiger partial charge in [0.1, 0.15) is 0 Å². The average Bonchev–Trinajstić information content (AvgIpc) is 2.31. The average molecular weight is 288 g/mol. The van der Waals surface area contributed by atoms with Gasteiger partial charge in [0.15, 0.2) is 0 Å². The third kappa shape index (κ3) is 3.63. The Morgan fingerprint density at radius 2 is 1.89 bits per heavy atom. The molecule has 0 radical (unpaired) electrons. The monoisotopic (exact) mass is 288 g/mol. The van der Waals surface area contributed by atoms with Crippen molar-refractivity contribution in [2.75, 3.05) is 12.8 Å². The molecule has 0 spiro atoms. The van der Waals surface area contributed by atoms with Gasteiger partial charge in [-0.05, 0) is 31.2 Å². The van der Waals surface area contributed by atoms with E-state index in [4.69, 9.17) is 5.73 Å². The van der Waals surface area contributed by atoms with E-state index in [2.05, 4.69) is 25.5 Å². The summed E-state index contributed by atoms with van der Waals surface area (Å²) in [6.07, 6.45) is 0. The number of hydrogen-bond donors (Lipinski definition) is 2. The molecule has 1 aromatic carbocycles. The smallest absolute Gasteiger partial charge is 0.241 e. The third-order valence-electron chi connectivity index (χ3n) is 2.78. The lowest BCUT2D eigenvalue weighted by Crippen LogP contribution is -2.20. The summed E-state index contributed by atoms with van der Waals surface area (Å²) in [7, 11) is -2.07. The van der Waals surface area contributed by atoms with Gasteiger partial charge in [-0.1, -0.05) is 20.8 Å². The van der Waals surface area contributed by atoms with Crippen molar-refractivity contribution in [3.8, 4) is 0 Å². The summed E-state index contributed by atoms with van der Waals surface area (Å²) in [6, 6.07) is 4.99. The van der Waals surface area contributed by atoms with Crippen molar-refractivity contribution in [1.82, 2.24) is 4.72 Å². The van der Waals surface area contributed by atoms with E-state index in [1.807, 2.05) is 0 Å². The Morgan fingerprint density at radius 1 is 1.28 bits per heavy atom. The zero-order valence-electron chi connectivity index (χ0n) is 11.1. The molecule has 0 aromatic heterocycles. The molecule has 1 atom stereocenters. The maximum Gasteiger partial charge on any atom is 0.241 e. The van der Waals surface area contributed by atoms with Crippen molar-refractivity contribution in [3.05, 3.63) is 18.2 Å². The third-order valence-corrected chi connectivity index (χ3v) is 5.89. The Bertz CT molecular complexity index is 513. The molecule has 0 fully saturated rings. The van der Waals surface area contributed by atoms with Crippen LogP contribution in [0, 0.1) is 5.92 Å². The fraction of sp³-hybridized carbons (Fsp3) is 0.500. The van der Waals surface area contributed by atoms with Crippen LogP contribution in [-0.2, 0) is 10.0 Å². The first-order chi connectivity index (χ1) is 8.27. The Hall–Kier alpha value is -0.720. The maximum absolute atomic E-state index is 11.9. The van der Waals surface area contributed by atoms with Crippen molar-refractivity contribution < 1.29 is 8.42 Å². The number of hydrogen-bond acceptors (Lipinski definition) is 4. The van der Waals surface area contributed by atoms with Crippen LogP contribution < -0.4 is 10.5 Å². The number of nitrogens with two attached hydrogens (primary N) is 1. The molecule has 6 heteroatoms. The largest absolute Gasteiger partial charge is 0.399 e. The minimum absolute atomic E-state index is 0.252. The first kappa shape index (κ1) is 15.3. The van der Waals surface area contributed by atoms with Crippen LogP contribution in [0.15, 0.2) is 28.0 Å². The van der Waals surface area contributed by atoms with E-state index in [1.54, 1.807) is 23.9 Å². The van der Waals surface area contributed by atoms with E-state index in [1.165, 1.54) is 13.1 Å². The summed E-state index contributed by atoms with van der Waals surface area (Å²) < 4.78 is 26.2. The molecule has 4 nitrogen and oxygen atoms in total. The second kappa shape index (κ2) is 5.95. The normalized spacial score (nSPS) is 13.8. The highest BCUT2D eigenvalue weighted by molar-refractivity contribution is 8.00. The number of rotatable bonds is 5. The van der Waals surface area contributed by atoms with E-state index in [9.17, 15) is 8.42 Å². The fourth-order valence-corrected chi connectivity index (χ4v) is 3.59. The van der Waals surface area contributed by atoms with Gasteiger partial charge in [0.2, 0.25) is 10.0 Å². The number of sulfonamides is 1. The molecular weight excluding hydrogens is 268 g/mol. The van der Waals surface area contributed by atoms with Crippen molar-refractivity contribution >= 4 is 27.5 Å². The van der Waals surface area contributed by atoms with E-state index in [0.717, 1.165) is 4.90 Å². The summed E-state index contributed by atoms with van der Waals surface area (Å²) in [4.78, 5) is 0.988. The molecule has 0 heterocycles. The zero-order valence-corrected chi connectivity index (χ0v) is 12.7. The number of nitrogen functional groups attached to an aromatic ring is 1. The van der Waals surface area contributed by atoms with Gasteiger partial charge in [-0.3, -0.25) is 0 Å². The summed E-state index contributed by atoms with van der Waals surface area (Å²) in [5, 5.41) is 0.333. The zero-order chi connectivity index (χ0) is 13.9. The molecule has 18 heavy (non-hydrogen) atoms. The van der Waals surface area contributed by atoms with Gasteiger partial charge in [0.05, 0.1) is 4.90 Å². The Labute approximate surface area is 113 Å². The lowest BCUT2D eigenvalue weighted by molar-refractivity contribution is 0.586. The minimum atomic E-state index is -3.47. The molecule has 1 unspecified atom stereocenters. The summed E-state index contributed by atoms with van der Waals surface area (Å²) in [6.45, 7) is 6.31. The highest BCUT2D eigenvalue weighted by Gasteiger charge is 2.20. The summed E-state index contributed by atoms with van der Waals surface area (Å²) in [5.74, 6) is 0.470. The van der Waals surface area contributed by atoms with Crippen LogP contribution in [0.25, 0.3) is 0 Å². The van der Waals surface area contributed by atoms with Crippen molar-refractivity contribution in [3.63, 3.8) is 0 Å². The number of anilines is 1. The van der Waals surface area contributed by atoms with Crippen molar-refractivity contribution in [1.29, 1.82) is 0 Å². The Balaban J connectivity index is 3.20. The molecule has 0 bridgehead atoms. The molecule has 0 saturated carbocycles. The van der Waals surface area contributed by atoms with E-state index >= 15 is 0 Å². The van der Waals surface area contributed by atoms with Crippen molar-refractivity contribution in [2.45, 2.75) is 35.8 Å². The molecular formula is C12H20N2O2S2. The second-order valence-corrected chi connectivity index (χ2v) is 7.75. The van der Waals surface area contributed by atoms with Gasteiger partial charge < -0.3 is 5.73 Å². The molecule has 0 aliphatic heterocycles. The van der Waals surface area contributed by atoms with Crippen LogP contribution in [0.2, 0.25) is 0 Å². The first-order valence-electron chi connectivity index (χ1n) is 5.77. The van der Waals surface area contributed by atoms with Crippen LogP contribution in [0.4, 0.5) is 5.69 Å². The molecule has 0 amide bonds. The number of benzene rings is 1. The maximum atomic E-state index is 11.9. The highest BCUT2D eigenvalue weighted by atomic mass is 32.2. The van der Waals surface area contributed by atoms with Gasteiger partial charge in [-0.15, -0.1) is 11.8 Å². The molecule has 0 aliphatic rings. The lowest BCUT2D eigenvalue weighted by atomic mass is 10.2. The molecule has 0 aliphatic carbocycles. The Morgan fingerprint density at radius 3 is 2.39 bits per heavy atom. The summed E-state index contributed by atoms with van der Waals surface area (Å²) >= 11 is 1.55. The minimum Gasteiger partial charge on any atom is -0.399 e. The molecule has 102 valence electrons. The van der Waals surface area contributed by atoms with Gasteiger partial charge >= 0.3 is 0 Å². The SMILES string of the molecule is CNS(=O)(=O)c1cc(N)ccc1SC(C)C(C)C. The fourth-order valence-electron chi connectivity index (χ4n) is 1.28. The van der Waals surface area contributed by atoms with Gasteiger partial charge in [-0.25, -0.2) is 13.1 Å². The number of nitrogens with one attached hydrogen (secondary N) is 1. The highest BCUT2D eigenvalue weighted by Crippen LogP contribution is 2.33. The predicted molar refractivity (Wildman–Crippen MR) is 77.3 cm³/mol. The Kier molecular flexibility index (Phi) is 5.07. The van der Waals surface area contributed by atoms with Crippen LogP contribution in [0.5, 0.6) is 0 Å². The number of thioether (sulfide) groups is 1. The molecule has 1 rings (SSSR count). The van der Waals surface area contributed by atoms with Gasteiger partial charge in [0.25, 0.3) is 0 Å². The van der Waals surface area contributed by atoms with Crippen LogP contribution in [-0.4, -0.2) is 20.7 Å². The van der Waals surface area contributed by atoms with E-state index < -0.39 is 10.0 Å². The quantitative estimate of drug-likeness (QED) is 0.644. The van der Waals surface area contributed by atoms with Gasteiger partial charge in [0, 0.05) is 15.8 Å². The topological polar surface area (TPSA) is 72.2 Å². The van der Waals surface area contributed by atoms with Crippen molar-refractivity contribution in [2.24, 2.45) is 5.92 Å². The molecule has 3 N–H and O–H groups in total. The lowest BCUT2D eigenvalue weighted by Gasteiger charge is -2.17. The predicted octanol–water partition coefficient (Wildman–Crippen LogP) is 2.31. The molecule has 1 aromatic rings. The van der Waals surface area contributed by atoms with Gasteiger partial charge in [-0.2, -0.15) is 0 Å². The standard InChI is InChI=1S/C12H20N2O2S2/c1-8(2)9(3)17-11-6-5-10(13)7-12(11)18(15,16)14-4/h5-9,14H,13H2,1-4H3. The van der Waals surface area contributed by atoms with Crippen LogP contribution in [0.3, 0.4) is 0 Å². The molecule has 0 saturated heterocycles. The van der Waals surface area contributed by atoms with E-state index in [0.29, 0.717) is 16.9 Å². The summed E-state index contributed by atoms with van der Waals surface area (Å²) in [5.41, 5.74) is 6.12. The van der Waals surface area contributed by atoms with E-state index in [-0.39, 0.29) is 4.90 Å². The first-order valence-corrected chi connectivity index (χ1v) is 8.14. The van der Waals surface area contributed by atoms with Crippen LogP contribution in [0.1, 0.15) is 20.8 Å². The second-order valence-electron chi connectivity index (χ2n) is 4.48.